The van der Waals surface area contributed by atoms with Crippen molar-refractivity contribution in [3.8, 4) is 0 Å². The van der Waals surface area contributed by atoms with Gasteiger partial charge in [0.05, 0.1) is 11.9 Å². The predicted octanol–water partition coefficient (Wildman–Crippen LogP) is 3.60. The molecule has 1 unspecified atom stereocenters. The number of halogens is 1. The average Bonchev–Trinajstić information content (AvgIpc) is 2.22. The summed E-state index contributed by atoms with van der Waals surface area (Å²) in [5.74, 6) is -0.431. The molecule has 2 nitrogen and oxygen atoms in total. The second kappa shape index (κ2) is 6.38. The number of hydrogen-bond donors (Lipinski definition) is 1. The van der Waals surface area contributed by atoms with Gasteiger partial charge < -0.3 is 5.32 Å². The van der Waals surface area contributed by atoms with Gasteiger partial charge in [0.25, 0.3) is 0 Å². The van der Waals surface area contributed by atoms with E-state index in [9.17, 15) is 4.39 Å². The zero-order valence-electron chi connectivity index (χ0n) is 9.46. The van der Waals surface area contributed by atoms with E-state index in [1.165, 1.54) is 31.5 Å². The molecule has 84 valence electrons. The normalized spacial score (nSPS) is 12.5. The maximum atomic E-state index is 12.5. The molecule has 0 saturated carbocycles. The van der Waals surface area contributed by atoms with E-state index in [4.69, 9.17) is 0 Å². The molecular formula is C12H19FN2. The van der Waals surface area contributed by atoms with Crippen LogP contribution >= 0.6 is 0 Å². The van der Waals surface area contributed by atoms with Crippen LogP contribution in [0.5, 0.6) is 0 Å². The Morgan fingerprint density at radius 3 is 2.80 bits per heavy atom. The lowest BCUT2D eigenvalue weighted by Crippen LogP contribution is -2.14. The summed E-state index contributed by atoms with van der Waals surface area (Å²) in [6.07, 6.45) is 6.43. The molecule has 0 amide bonds. The lowest BCUT2D eigenvalue weighted by atomic mass is 10.1. The van der Waals surface area contributed by atoms with Gasteiger partial charge in [-0.25, -0.2) is 4.98 Å². The molecular weight excluding hydrogens is 191 g/mol. The third-order valence-electron chi connectivity index (χ3n) is 2.38. The van der Waals surface area contributed by atoms with Crippen molar-refractivity contribution in [2.24, 2.45) is 0 Å². The highest BCUT2D eigenvalue weighted by Gasteiger charge is 2.01. The number of unbranched alkanes of at least 4 members (excludes halogenated alkanes) is 2. The van der Waals surface area contributed by atoms with Crippen LogP contribution in [0.3, 0.4) is 0 Å². The molecule has 1 atom stereocenters. The molecule has 0 aliphatic heterocycles. The fourth-order valence-electron chi connectivity index (χ4n) is 1.52. The van der Waals surface area contributed by atoms with Crippen LogP contribution in [-0.2, 0) is 0 Å². The van der Waals surface area contributed by atoms with Crippen molar-refractivity contribution in [2.75, 3.05) is 5.32 Å². The van der Waals surface area contributed by atoms with Gasteiger partial charge in [-0.1, -0.05) is 26.2 Å². The zero-order valence-corrected chi connectivity index (χ0v) is 9.46. The zero-order chi connectivity index (χ0) is 11.1. The van der Waals surface area contributed by atoms with E-state index in [2.05, 4.69) is 24.1 Å². The summed E-state index contributed by atoms with van der Waals surface area (Å²) in [5.41, 5.74) is 0.889. The van der Waals surface area contributed by atoms with Crippen LogP contribution in [0.1, 0.15) is 39.5 Å². The van der Waals surface area contributed by atoms with Gasteiger partial charge in [-0.15, -0.1) is 0 Å². The largest absolute Gasteiger partial charge is 0.381 e. The summed E-state index contributed by atoms with van der Waals surface area (Å²) < 4.78 is 12.5. The minimum Gasteiger partial charge on any atom is -0.381 e. The Labute approximate surface area is 90.9 Å². The lowest BCUT2D eigenvalue weighted by molar-refractivity contribution is 0.582. The highest BCUT2D eigenvalue weighted by molar-refractivity contribution is 5.40. The summed E-state index contributed by atoms with van der Waals surface area (Å²) in [7, 11) is 0. The van der Waals surface area contributed by atoms with Crippen molar-refractivity contribution in [3.63, 3.8) is 0 Å². The van der Waals surface area contributed by atoms with Crippen LogP contribution in [0, 0.1) is 5.95 Å². The van der Waals surface area contributed by atoms with Crippen molar-refractivity contribution < 1.29 is 4.39 Å². The van der Waals surface area contributed by atoms with Crippen LogP contribution in [0.2, 0.25) is 0 Å². The molecule has 1 heterocycles. The van der Waals surface area contributed by atoms with E-state index in [1.807, 2.05) is 0 Å². The topological polar surface area (TPSA) is 24.9 Å². The van der Waals surface area contributed by atoms with Gasteiger partial charge >= 0.3 is 0 Å². The summed E-state index contributed by atoms with van der Waals surface area (Å²) in [4.78, 5) is 3.60. The maximum Gasteiger partial charge on any atom is 0.212 e. The Morgan fingerprint density at radius 1 is 1.40 bits per heavy atom. The van der Waals surface area contributed by atoms with Crippen LogP contribution in [-0.4, -0.2) is 11.0 Å². The predicted molar refractivity (Wildman–Crippen MR) is 61.4 cm³/mol. The quantitative estimate of drug-likeness (QED) is 0.573. The van der Waals surface area contributed by atoms with E-state index in [-0.39, 0.29) is 0 Å². The summed E-state index contributed by atoms with van der Waals surface area (Å²) in [5, 5.41) is 3.30. The average molecular weight is 210 g/mol. The first-order chi connectivity index (χ1) is 7.22. The smallest absolute Gasteiger partial charge is 0.212 e. The van der Waals surface area contributed by atoms with Crippen molar-refractivity contribution in [1.82, 2.24) is 4.98 Å². The highest BCUT2D eigenvalue weighted by Crippen LogP contribution is 2.10. The second-order valence-electron chi connectivity index (χ2n) is 3.91. The van der Waals surface area contributed by atoms with Gasteiger partial charge in [0.15, 0.2) is 0 Å². The van der Waals surface area contributed by atoms with E-state index < -0.39 is 5.95 Å². The molecule has 1 aromatic heterocycles. The molecule has 3 heteroatoms. The summed E-state index contributed by atoms with van der Waals surface area (Å²) in [6, 6.07) is 3.52. The van der Waals surface area contributed by atoms with Crippen LogP contribution in [0.25, 0.3) is 0 Å². The first-order valence-electron chi connectivity index (χ1n) is 5.60. The maximum absolute atomic E-state index is 12.5. The van der Waals surface area contributed by atoms with Crippen molar-refractivity contribution in [3.05, 3.63) is 24.3 Å². The van der Waals surface area contributed by atoms with Gasteiger partial charge in [-0.3, -0.25) is 0 Å². The van der Waals surface area contributed by atoms with Gasteiger partial charge in [-0.05, 0) is 25.5 Å². The molecule has 1 N–H and O–H groups in total. The second-order valence-corrected chi connectivity index (χ2v) is 3.91. The number of rotatable bonds is 6. The van der Waals surface area contributed by atoms with Crippen LogP contribution < -0.4 is 5.32 Å². The van der Waals surface area contributed by atoms with Crippen molar-refractivity contribution >= 4 is 5.69 Å². The summed E-state index contributed by atoms with van der Waals surface area (Å²) >= 11 is 0. The van der Waals surface area contributed by atoms with Gasteiger partial charge in [-0.2, -0.15) is 4.39 Å². The number of anilines is 1. The lowest BCUT2D eigenvalue weighted by Gasteiger charge is -2.14. The van der Waals surface area contributed by atoms with Crippen molar-refractivity contribution in [2.45, 2.75) is 45.6 Å². The molecule has 0 saturated heterocycles. The standard InChI is InChI=1S/C12H19FN2/c1-3-4-5-6-10(2)15-11-7-8-12(13)14-9-11/h7-10,15H,3-6H2,1-2H3. The minimum absolute atomic E-state index is 0.420. The van der Waals surface area contributed by atoms with Crippen molar-refractivity contribution in [1.29, 1.82) is 0 Å². The SMILES string of the molecule is CCCCCC(C)Nc1ccc(F)nc1. The molecule has 0 spiro atoms. The number of aromatic nitrogens is 1. The minimum atomic E-state index is -0.431. The summed E-state index contributed by atoms with van der Waals surface area (Å²) in [6.45, 7) is 4.33. The van der Waals surface area contributed by atoms with Crippen LogP contribution in [0.15, 0.2) is 18.3 Å². The highest BCUT2D eigenvalue weighted by atomic mass is 19.1. The van der Waals surface area contributed by atoms with Gasteiger partial charge in [0.2, 0.25) is 5.95 Å². The monoisotopic (exact) mass is 210 g/mol. The Morgan fingerprint density at radius 2 is 2.20 bits per heavy atom. The number of nitrogens with zero attached hydrogens (tertiary/aromatic N) is 1. The van der Waals surface area contributed by atoms with E-state index in [1.54, 1.807) is 6.07 Å². The Hall–Kier alpha value is -1.12. The molecule has 1 aromatic rings. The Kier molecular flexibility index (Phi) is 5.08. The van der Waals surface area contributed by atoms with E-state index in [0.717, 1.165) is 12.1 Å². The van der Waals surface area contributed by atoms with E-state index in [0.29, 0.717) is 6.04 Å². The number of pyridine rings is 1. The molecule has 0 fully saturated rings. The first kappa shape index (κ1) is 12.0. The van der Waals surface area contributed by atoms with Gasteiger partial charge in [0, 0.05) is 6.04 Å². The fourth-order valence-corrected chi connectivity index (χ4v) is 1.52. The molecule has 15 heavy (non-hydrogen) atoms. The first-order valence-corrected chi connectivity index (χ1v) is 5.60. The molecule has 0 aliphatic rings. The van der Waals surface area contributed by atoms with Gasteiger partial charge in [0.1, 0.15) is 0 Å². The van der Waals surface area contributed by atoms with E-state index >= 15 is 0 Å². The number of hydrogen-bond acceptors (Lipinski definition) is 2. The molecule has 0 aromatic carbocycles. The molecule has 0 radical (unpaired) electrons. The third-order valence-corrected chi connectivity index (χ3v) is 2.38. The van der Waals surface area contributed by atoms with Crippen LogP contribution in [0.4, 0.5) is 10.1 Å². The number of nitrogens with one attached hydrogen (secondary N) is 1. The molecule has 0 aliphatic carbocycles. The Balaban J connectivity index is 2.31. The fraction of sp³-hybridized carbons (Fsp3) is 0.583. The molecule has 1 rings (SSSR count). The third kappa shape index (κ3) is 4.77. The Bertz CT molecular complexity index is 271. The molecule has 0 bridgehead atoms.